The number of aromatic nitrogens is 2. The minimum absolute atomic E-state index is 0.223. The average molecular weight is 303 g/mol. The van der Waals surface area contributed by atoms with Gasteiger partial charge in [0, 0.05) is 6.08 Å². The molecule has 4 heteroatoms. The van der Waals surface area contributed by atoms with Gasteiger partial charge in [-0.2, -0.15) is 0 Å². The van der Waals surface area contributed by atoms with Crippen molar-refractivity contribution < 1.29 is 4.79 Å². The normalized spacial score (nSPS) is 10.8. The summed E-state index contributed by atoms with van der Waals surface area (Å²) in [5.74, 6) is 0.210. The molecule has 0 aliphatic carbocycles. The number of aryl methyl sites for hydroxylation is 1. The van der Waals surface area contributed by atoms with Crippen molar-refractivity contribution in [2.24, 2.45) is 0 Å². The Kier molecular flexibility index (Phi) is 4.34. The van der Waals surface area contributed by atoms with Crippen molar-refractivity contribution in [1.82, 2.24) is 9.97 Å². The van der Waals surface area contributed by atoms with Crippen molar-refractivity contribution >= 4 is 17.9 Å². The zero-order chi connectivity index (χ0) is 16.1. The lowest BCUT2D eigenvalue weighted by molar-refractivity contribution is -0.111. The van der Waals surface area contributed by atoms with Crippen molar-refractivity contribution in [2.45, 2.75) is 6.92 Å². The Morgan fingerprint density at radius 2 is 1.83 bits per heavy atom. The topological polar surface area (TPSA) is 57.8 Å². The summed E-state index contributed by atoms with van der Waals surface area (Å²) in [4.78, 5) is 19.2. The predicted octanol–water partition coefficient (Wildman–Crippen LogP) is 4.04. The molecule has 0 aliphatic rings. The number of nitrogens with zero attached hydrogens (tertiary/aromatic N) is 1. The van der Waals surface area contributed by atoms with Crippen LogP contribution in [0.5, 0.6) is 0 Å². The molecule has 1 amide bonds. The summed E-state index contributed by atoms with van der Waals surface area (Å²) in [6.45, 7) is 2.04. The van der Waals surface area contributed by atoms with Gasteiger partial charge in [-0.3, -0.25) is 10.1 Å². The first-order valence-electron chi connectivity index (χ1n) is 7.37. The van der Waals surface area contributed by atoms with E-state index in [2.05, 4.69) is 15.3 Å². The fraction of sp³-hybridized carbons (Fsp3) is 0.0526. The van der Waals surface area contributed by atoms with Crippen LogP contribution >= 0.6 is 0 Å². The van der Waals surface area contributed by atoms with Gasteiger partial charge < -0.3 is 4.98 Å². The second-order valence-electron chi connectivity index (χ2n) is 5.24. The van der Waals surface area contributed by atoms with Crippen LogP contribution in [-0.2, 0) is 4.79 Å². The van der Waals surface area contributed by atoms with E-state index in [-0.39, 0.29) is 5.91 Å². The number of hydrogen-bond donors (Lipinski definition) is 2. The van der Waals surface area contributed by atoms with E-state index in [4.69, 9.17) is 0 Å². The van der Waals surface area contributed by atoms with Gasteiger partial charge in [-0.25, -0.2) is 4.98 Å². The fourth-order valence-electron chi connectivity index (χ4n) is 2.16. The summed E-state index contributed by atoms with van der Waals surface area (Å²) in [6, 6.07) is 17.8. The van der Waals surface area contributed by atoms with Gasteiger partial charge in [0.2, 0.25) is 5.95 Å². The van der Waals surface area contributed by atoms with Crippen molar-refractivity contribution in [2.75, 3.05) is 5.32 Å². The second-order valence-corrected chi connectivity index (χ2v) is 5.24. The summed E-state index contributed by atoms with van der Waals surface area (Å²) in [7, 11) is 0. The minimum Gasteiger partial charge on any atom is -0.324 e. The van der Waals surface area contributed by atoms with Gasteiger partial charge in [0.05, 0.1) is 11.9 Å². The highest BCUT2D eigenvalue weighted by Gasteiger charge is 2.05. The molecule has 2 aromatic carbocycles. The van der Waals surface area contributed by atoms with E-state index in [1.807, 2.05) is 61.5 Å². The van der Waals surface area contributed by atoms with Gasteiger partial charge in [0.15, 0.2) is 0 Å². The number of anilines is 1. The van der Waals surface area contributed by atoms with Crippen molar-refractivity contribution in [3.63, 3.8) is 0 Å². The highest BCUT2D eigenvalue weighted by Crippen LogP contribution is 2.18. The van der Waals surface area contributed by atoms with Gasteiger partial charge >= 0.3 is 0 Å². The first kappa shape index (κ1) is 14.8. The molecule has 4 nitrogen and oxygen atoms in total. The molecule has 3 rings (SSSR count). The third-order valence-electron chi connectivity index (χ3n) is 3.41. The van der Waals surface area contributed by atoms with Crippen LogP contribution in [0, 0.1) is 6.92 Å². The number of carbonyl (C=O) groups is 1. The Morgan fingerprint density at radius 1 is 1.09 bits per heavy atom. The van der Waals surface area contributed by atoms with E-state index in [1.54, 1.807) is 12.3 Å². The van der Waals surface area contributed by atoms with Gasteiger partial charge in [-0.15, -0.1) is 0 Å². The number of carbonyl (C=O) groups excluding carboxylic acids is 1. The molecule has 1 heterocycles. The summed E-state index contributed by atoms with van der Waals surface area (Å²) >= 11 is 0. The molecular formula is C19H17N3O. The van der Waals surface area contributed by atoms with Crippen LogP contribution in [0.1, 0.15) is 11.1 Å². The van der Waals surface area contributed by atoms with Gasteiger partial charge in [0.25, 0.3) is 5.91 Å². The Labute approximate surface area is 134 Å². The quantitative estimate of drug-likeness (QED) is 0.715. The number of aromatic amines is 1. The predicted molar refractivity (Wildman–Crippen MR) is 92.9 cm³/mol. The monoisotopic (exact) mass is 303 g/mol. The highest BCUT2D eigenvalue weighted by atomic mass is 16.1. The average Bonchev–Trinajstić information content (AvgIpc) is 3.03. The van der Waals surface area contributed by atoms with Crippen LogP contribution in [0.2, 0.25) is 0 Å². The lowest BCUT2D eigenvalue weighted by Crippen LogP contribution is -2.08. The summed E-state index contributed by atoms with van der Waals surface area (Å²) in [6.07, 6.45) is 4.96. The second kappa shape index (κ2) is 6.75. The molecule has 0 fully saturated rings. The van der Waals surface area contributed by atoms with Gasteiger partial charge in [-0.05, 0) is 24.1 Å². The minimum atomic E-state index is -0.223. The van der Waals surface area contributed by atoms with Gasteiger partial charge in [-0.1, -0.05) is 60.2 Å². The molecule has 0 radical (unpaired) electrons. The molecule has 0 unspecified atom stereocenters. The van der Waals surface area contributed by atoms with Crippen molar-refractivity contribution in [1.29, 1.82) is 0 Å². The molecule has 1 aromatic heterocycles. The van der Waals surface area contributed by atoms with Crippen LogP contribution < -0.4 is 5.32 Å². The zero-order valence-corrected chi connectivity index (χ0v) is 12.8. The lowest BCUT2D eigenvalue weighted by atomic mass is 10.1. The number of hydrogen-bond acceptors (Lipinski definition) is 2. The van der Waals surface area contributed by atoms with Crippen molar-refractivity contribution in [3.05, 3.63) is 78.0 Å². The molecule has 2 N–H and O–H groups in total. The third kappa shape index (κ3) is 3.95. The fourth-order valence-corrected chi connectivity index (χ4v) is 2.16. The standard InChI is InChI=1S/C19H17N3O/c1-14-7-10-16(11-8-14)17-13-20-19(21-17)22-18(23)12-9-15-5-3-2-4-6-15/h2-13H,1H3,(H2,20,21,22,23)/b12-9+. The van der Waals surface area contributed by atoms with E-state index in [0.717, 1.165) is 16.8 Å². The molecule has 0 spiro atoms. The Balaban J connectivity index is 1.66. The number of H-pyrrole nitrogens is 1. The molecule has 0 saturated heterocycles. The van der Waals surface area contributed by atoms with Crippen LogP contribution in [0.4, 0.5) is 5.95 Å². The largest absolute Gasteiger partial charge is 0.324 e. The maximum absolute atomic E-state index is 11.9. The van der Waals surface area contributed by atoms with E-state index >= 15 is 0 Å². The maximum atomic E-state index is 11.9. The molecule has 23 heavy (non-hydrogen) atoms. The van der Waals surface area contributed by atoms with Crippen LogP contribution in [0.3, 0.4) is 0 Å². The van der Waals surface area contributed by atoms with Crippen LogP contribution in [0.15, 0.2) is 66.9 Å². The summed E-state index contributed by atoms with van der Waals surface area (Å²) in [5, 5.41) is 2.72. The number of rotatable bonds is 4. The highest BCUT2D eigenvalue weighted by molar-refractivity contribution is 6.01. The zero-order valence-electron chi connectivity index (χ0n) is 12.8. The van der Waals surface area contributed by atoms with E-state index in [9.17, 15) is 4.79 Å². The van der Waals surface area contributed by atoms with Gasteiger partial charge in [0.1, 0.15) is 0 Å². The third-order valence-corrected chi connectivity index (χ3v) is 3.41. The van der Waals surface area contributed by atoms with E-state index < -0.39 is 0 Å². The molecule has 0 bridgehead atoms. The number of nitrogens with one attached hydrogen (secondary N) is 2. The SMILES string of the molecule is Cc1ccc(-c2cnc(NC(=O)/C=C/c3ccccc3)[nH]2)cc1. The lowest BCUT2D eigenvalue weighted by Gasteiger charge is -1.99. The Morgan fingerprint density at radius 3 is 2.57 bits per heavy atom. The van der Waals surface area contributed by atoms with Crippen molar-refractivity contribution in [3.8, 4) is 11.3 Å². The van der Waals surface area contributed by atoms with Crippen LogP contribution in [-0.4, -0.2) is 15.9 Å². The maximum Gasteiger partial charge on any atom is 0.250 e. The van der Waals surface area contributed by atoms with E-state index in [0.29, 0.717) is 5.95 Å². The molecule has 3 aromatic rings. The molecule has 114 valence electrons. The smallest absolute Gasteiger partial charge is 0.250 e. The molecular weight excluding hydrogens is 286 g/mol. The molecule has 0 aliphatic heterocycles. The van der Waals surface area contributed by atoms with E-state index in [1.165, 1.54) is 11.6 Å². The summed E-state index contributed by atoms with van der Waals surface area (Å²) < 4.78 is 0. The number of imidazole rings is 1. The first-order valence-corrected chi connectivity index (χ1v) is 7.37. The summed E-state index contributed by atoms with van der Waals surface area (Å²) in [5.41, 5.74) is 4.08. The van der Waals surface area contributed by atoms with Crippen LogP contribution in [0.25, 0.3) is 17.3 Å². The number of benzene rings is 2. The number of amides is 1. The Hall–Kier alpha value is -3.14. The molecule has 0 saturated carbocycles. The Bertz CT molecular complexity index is 817. The molecule has 0 atom stereocenters. The first-order chi connectivity index (χ1) is 11.2.